The van der Waals surface area contributed by atoms with Crippen molar-refractivity contribution in [3.63, 3.8) is 0 Å². The first-order valence-electron chi connectivity index (χ1n) is 7.98. The average Bonchev–Trinajstić information content (AvgIpc) is 2.55. The monoisotopic (exact) mass is 326 g/mol. The molecule has 0 unspecified atom stereocenters. The predicted molar refractivity (Wildman–Crippen MR) is 91.8 cm³/mol. The molecule has 24 heavy (non-hydrogen) atoms. The number of halogens is 1. The Morgan fingerprint density at radius 3 is 2.71 bits per heavy atom. The lowest BCUT2D eigenvalue weighted by molar-refractivity contribution is -0.116. The summed E-state index contributed by atoms with van der Waals surface area (Å²) in [7, 11) is 0. The zero-order valence-corrected chi connectivity index (χ0v) is 13.7. The van der Waals surface area contributed by atoms with Crippen LogP contribution in [0.5, 0.6) is 0 Å². The van der Waals surface area contributed by atoms with Crippen molar-refractivity contribution >= 4 is 23.2 Å². The van der Waals surface area contributed by atoms with Gasteiger partial charge in [-0.3, -0.25) is 9.59 Å². The van der Waals surface area contributed by atoms with E-state index in [4.69, 9.17) is 0 Å². The fourth-order valence-corrected chi connectivity index (χ4v) is 2.89. The Bertz CT molecular complexity index is 815. The molecule has 1 aliphatic heterocycles. The van der Waals surface area contributed by atoms with Gasteiger partial charge in [0.25, 0.3) is 5.91 Å². The molecule has 2 N–H and O–H groups in total. The summed E-state index contributed by atoms with van der Waals surface area (Å²) in [6, 6.07) is 10.2. The second-order valence-electron chi connectivity index (χ2n) is 6.23. The van der Waals surface area contributed by atoms with E-state index in [1.807, 2.05) is 26.0 Å². The minimum Gasteiger partial charge on any atom is -0.326 e. The molecule has 124 valence electrons. The van der Waals surface area contributed by atoms with Crippen molar-refractivity contribution in [2.75, 3.05) is 10.6 Å². The second-order valence-corrected chi connectivity index (χ2v) is 6.23. The molecular formula is C19H19FN2O2. The van der Waals surface area contributed by atoms with Crippen LogP contribution in [0.1, 0.15) is 47.7 Å². The molecule has 2 aromatic carbocycles. The van der Waals surface area contributed by atoms with Crippen molar-refractivity contribution in [1.29, 1.82) is 0 Å². The Morgan fingerprint density at radius 1 is 1.21 bits per heavy atom. The van der Waals surface area contributed by atoms with Gasteiger partial charge < -0.3 is 10.6 Å². The Balaban J connectivity index is 1.89. The molecule has 1 heterocycles. The van der Waals surface area contributed by atoms with Gasteiger partial charge in [0.1, 0.15) is 5.82 Å². The Hall–Kier alpha value is -2.69. The largest absolute Gasteiger partial charge is 0.326 e. The van der Waals surface area contributed by atoms with E-state index in [0.717, 1.165) is 11.1 Å². The van der Waals surface area contributed by atoms with Crippen LogP contribution >= 0.6 is 0 Å². The van der Waals surface area contributed by atoms with Crippen LogP contribution in [0.3, 0.4) is 0 Å². The van der Waals surface area contributed by atoms with E-state index < -0.39 is 5.82 Å². The highest BCUT2D eigenvalue weighted by Gasteiger charge is 2.20. The van der Waals surface area contributed by atoms with Gasteiger partial charge in [0.05, 0.1) is 5.69 Å². The number of hydrogen-bond acceptors (Lipinski definition) is 2. The van der Waals surface area contributed by atoms with E-state index in [-0.39, 0.29) is 23.4 Å². The summed E-state index contributed by atoms with van der Waals surface area (Å²) in [5, 5.41) is 5.30. The number of carbonyl (C=O) groups excluding carboxylic acids is 2. The highest BCUT2D eigenvalue weighted by molar-refractivity contribution is 6.06. The lowest BCUT2D eigenvalue weighted by atomic mass is 9.96. The number of rotatable bonds is 3. The third-order valence-electron chi connectivity index (χ3n) is 4.16. The van der Waals surface area contributed by atoms with Crippen molar-refractivity contribution in [3.05, 3.63) is 58.9 Å². The van der Waals surface area contributed by atoms with E-state index in [0.29, 0.717) is 24.1 Å². The van der Waals surface area contributed by atoms with Gasteiger partial charge in [-0.25, -0.2) is 4.39 Å². The third-order valence-corrected chi connectivity index (χ3v) is 4.16. The minimum atomic E-state index is -0.564. The van der Waals surface area contributed by atoms with Crippen molar-refractivity contribution in [2.45, 2.75) is 32.6 Å². The van der Waals surface area contributed by atoms with Gasteiger partial charge in [-0.2, -0.15) is 0 Å². The number of carbonyl (C=O) groups is 2. The summed E-state index contributed by atoms with van der Waals surface area (Å²) in [5.41, 5.74) is 2.89. The van der Waals surface area contributed by atoms with E-state index in [2.05, 4.69) is 10.6 Å². The van der Waals surface area contributed by atoms with E-state index >= 15 is 0 Å². The van der Waals surface area contributed by atoms with Gasteiger partial charge in [-0.1, -0.05) is 32.0 Å². The van der Waals surface area contributed by atoms with Gasteiger partial charge in [0.2, 0.25) is 5.91 Å². The van der Waals surface area contributed by atoms with Crippen LogP contribution in [0.2, 0.25) is 0 Å². The molecule has 0 atom stereocenters. The molecule has 2 aromatic rings. The summed E-state index contributed by atoms with van der Waals surface area (Å²) < 4.78 is 14.3. The normalized spacial score (nSPS) is 13.4. The van der Waals surface area contributed by atoms with E-state index in [1.54, 1.807) is 18.2 Å². The maximum Gasteiger partial charge on any atom is 0.256 e. The number of nitrogens with one attached hydrogen (secondary N) is 2. The molecule has 2 amide bonds. The Morgan fingerprint density at radius 2 is 1.96 bits per heavy atom. The highest BCUT2D eigenvalue weighted by atomic mass is 19.1. The van der Waals surface area contributed by atoms with Gasteiger partial charge in [0, 0.05) is 17.7 Å². The SMILES string of the molecule is CC(C)c1ccccc1C(=O)Nc1cc2c(cc1F)NC(=O)CC2. The summed E-state index contributed by atoms with van der Waals surface area (Å²) in [6.45, 7) is 4.02. The molecule has 0 aromatic heterocycles. The topological polar surface area (TPSA) is 58.2 Å². The van der Waals surface area contributed by atoms with Gasteiger partial charge >= 0.3 is 0 Å². The molecule has 0 spiro atoms. The molecule has 0 saturated heterocycles. The highest BCUT2D eigenvalue weighted by Crippen LogP contribution is 2.29. The molecule has 4 nitrogen and oxygen atoms in total. The summed E-state index contributed by atoms with van der Waals surface area (Å²) in [4.78, 5) is 23.9. The van der Waals surface area contributed by atoms with Crippen molar-refractivity contribution in [2.24, 2.45) is 0 Å². The lowest BCUT2D eigenvalue weighted by Crippen LogP contribution is -2.20. The first kappa shape index (κ1) is 16.2. The molecule has 0 aliphatic carbocycles. The van der Waals surface area contributed by atoms with Crippen LogP contribution in [0.25, 0.3) is 0 Å². The number of fused-ring (bicyclic) bond motifs is 1. The standard InChI is InChI=1S/C19H19FN2O2/c1-11(2)13-5-3-4-6-14(13)19(24)22-17-9-12-7-8-18(23)21-16(12)10-15(17)20/h3-6,9-11H,7-8H2,1-2H3,(H,21,23)(H,22,24). The van der Waals surface area contributed by atoms with Gasteiger partial charge in [0.15, 0.2) is 0 Å². The fraction of sp³-hybridized carbons (Fsp3) is 0.263. The van der Waals surface area contributed by atoms with Crippen molar-refractivity contribution in [1.82, 2.24) is 0 Å². The van der Waals surface area contributed by atoms with Crippen LogP contribution in [0, 0.1) is 5.82 Å². The minimum absolute atomic E-state index is 0.121. The van der Waals surface area contributed by atoms with Gasteiger partial charge in [-0.15, -0.1) is 0 Å². The Labute approximate surface area is 140 Å². The van der Waals surface area contributed by atoms with Gasteiger partial charge in [-0.05, 0) is 41.7 Å². The smallest absolute Gasteiger partial charge is 0.256 e. The van der Waals surface area contributed by atoms with E-state index in [1.165, 1.54) is 6.07 Å². The van der Waals surface area contributed by atoms with E-state index in [9.17, 15) is 14.0 Å². The third kappa shape index (κ3) is 3.15. The predicted octanol–water partition coefficient (Wildman–Crippen LogP) is 4.09. The van der Waals surface area contributed by atoms with Crippen molar-refractivity contribution < 1.29 is 14.0 Å². The molecule has 1 aliphatic rings. The summed E-state index contributed by atoms with van der Waals surface area (Å²) in [6.07, 6.45) is 0.898. The van der Waals surface area contributed by atoms with Crippen LogP contribution in [-0.4, -0.2) is 11.8 Å². The quantitative estimate of drug-likeness (QED) is 0.892. The van der Waals surface area contributed by atoms with Crippen LogP contribution in [0.4, 0.5) is 15.8 Å². The summed E-state index contributed by atoms with van der Waals surface area (Å²) in [5.74, 6) is -0.829. The summed E-state index contributed by atoms with van der Waals surface area (Å²) >= 11 is 0. The van der Waals surface area contributed by atoms with Crippen LogP contribution < -0.4 is 10.6 Å². The molecule has 0 radical (unpaired) electrons. The zero-order valence-electron chi connectivity index (χ0n) is 13.7. The number of benzene rings is 2. The molecular weight excluding hydrogens is 307 g/mol. The van der Waals surface area contributed by atoms with Crippen molar-refractivity contribution in [3.8, 4) is 0 Å². The average molecular weight is 326 g/mol. The zero-order chi connectivity index (χ0) is 17.3. The van der Waals surface area contributed by atoms with Crippen LogP contribution in [-0.2, 0) is 11.2 Å². The lowest BCUT2D eigenvalue weighted by Gasteiger charge is -2.19. The molecule has 5 heteroatoms. The number of hydrogen-bond donors (Lipinski definition) is 2. The maximum absolute atomic E-state index is 14.3. The second kappa shape index (κ2) is 6.43. The maximum atomic E-state index is 14.3. The first-order valence-corrected chi connectivity index (χ1v) is 7.98. The number of amides is 2. The fourth-order valence-electron chi connectivity index (χ4n) is 2.89. The number of anilines is 2. The molecule has 3 rings (SSSR count). The molecule has 0 fully saturated rings. The molecule has 0 bridgehead atoms. The van der Waals surface area contributed by atoms with Crippen LogP contribution in [0.15, 0.2) is 36.4 Å². The Kier molecular flexibility index (Phi) is 4.34. The number of aryl methyl sites for hydroxylation is 1. The first-order chi connectivity index (χ1) is 11.5. The molecule has 0 saturated carbocycles.